The second-order valence-electron chi connectivity index (χ2n) is 4.50. The quantitative estimate of drug-likeness (QED) is 0.785. The Morgan fingerprint density at radius 3 is 2.76 bits per heavy atom. The highest BCUT2D eigenvalue weighted by Crippen LogP contribution is 2.16. The van der Waals surface area contributed by atoms with E-state index in [1.54, 1.807) is 0 Å². The number of hydrogen-bond acceptors (Lipinski definition) is 2. The van der Waals surface area contributed by atoms with Gasteiger partial charge in [0.1, 0.15) is 0 Å². The average Bonchev–Trinajstić information content (AvgIpc) is 2.32. The summed E-state index contributed by atoms with van der Waals surface area (Å²) in [5.41, 5.74) is 2.37. The van der Waals surface area contributed by atoms with Crippen LogP contribution in [0.5, 0.6) is 0 Å². The number of benzene rings is 1. The van der Waals surface area contributed by atoms with Gasteiger partial charge in [-0.15, -0.1) is 0 Å². The number of aliphatic hydroxyl groups is 1. The Bertz CT molecular complexity index is 341. The lowest BCUT2D eigenvalue weighted by atomic mass is 10.0. The Morgan fingerprint density at radius 1 is 1.41 bits per heavy atom. The third kappa shape index (κ3) is 5.07. The van der Waals surface area contributed by atoms with Crippen molar-refractivity contribution in [2.24, 2.45) is 5.92 Å². The highest BCUT2D eigenvalue weighted by Gasteiger charge is 2.05. The third-order valence-corrected chi connectivity index (χ3v) is 3.52. The molecule has 0 aliphatic carbocycles. The number of hydrogen-bond donors (Lipinski definition) is 2. The van der Waals surface area contributed by atoms with Crippen LogP contribution in [0.2, 0.25) is 5.02 Å². The zero-order chi connectivity index (χ0) is 12.7. The molecule has 0 spiro atoms. The van der Waals surface area contributed by atoms with E-state index >= 15 is 0 Å². The Balaban J connectivity index is 2.37. The molecule has 0 fully saturated rings. The van der Waals surface area contributed by atoms with E-state index < -0.39 is 0 Å². The topological polar surface area (TPSA) is 32.3 Å². The third-order valence-electron chi connectivity index (χ3n) is 3.10. The van der Waals surface area contributed by atoms with E-state index in [9.17, 15) is 0 Å². The fourth-order valence-electron chi connectivity index (χ4n) is 1.87. The van der Waals surface area contributed by atoms with Crippen LogP contribution >= 0.6 is 11.6 Å². The van der Waals surface area contributed by atoms with E-state index in [0.29, 0.717) is 5.92 Å². The van der Waals surface area contributed by atoms with Crippen LogP contribution in [0.15, 0.2) is 18.2 Å². The molecule has 0 aliphatic rings. The Hall–Kier alpha value is -0.570. The Labute approximate surface area is 109 Å². The van der Waals surface area contributed by atoms with E-state index in [0.717, 1.165) is 36.5 Å². The first-order valence-corrected chi connectivity index (χ1v) is 6.61. The van der Waals surface area contributed by atoms with Crippen molar-refractivity contribution in [2.75, 3.05) is 13.2 Å². The van der Waals surface area contributed by atoms with Crippen molar-refractivity contribution in [1.82, 2.24) is 5.32 Å². The lowest BCUT2D eigenvalue weighted by Crippen LogP contribution is -2.22. The summed E-state index contributed by atoms with van der Waals surface area (Å²) in [5, 5.41) is 13.2. The Morgan fingerprint density at radius 2 is 2.18 bits per heavy atom. The van der Waals surface area contributed by atoms with E-state index in [1.165, 1.54) is 5.56 Å². The van der Waals surface area contributed by atoms with Crippen molar-refractivity contribution >= 4 is 11.6 Å². The standard InChI is InChI=1S/C14H22ClNO/c1-3-12(6-7-17)9-16-10-13-4-5-14(15)11(2)8-13/h4-5,8,12,16-17H,3,6-7,9-10H2,1-2H3. The molecule has 1 atom stereocenters. The van der Waals surface area contributed by atoms with E-state index in [-0.39, 0.29) is 6.61 Å². The summed E-state index contributed by atoms with van der Waals surface area (Å²) >= 11 is 5.98. The van der Waals surface area contributed by atoms with Gasteiger partial charge >= 0.3 is 0 Å². The van der Waals surface area contributed by atoms with Crippen molar-refractivity contribution in [3.05, 3.63) is 34.3 Å². The molecule has 0 bridgehead atoms. The van der Waals surface area contributed by atoms with Crippen LogP contribution in [-0.4, -0.2) is 18.3 Å². The van der Waals surface area contributed by atoms with Crippen molar-refractivity contribution in [1.29, 1.82) is 0 Å². The zero-order valence-corrected chi connectivity index (χ0v) is 11.4. The molecule has 0 saturated carbocycles. The van der Waals surface area contributed by atoms with Gasteiger partial charge in [0, 0.05) is 18.2 Å². The summed E-state index contributed by atoms with van der Waals surface area (Å²) < 4.78 is 0. The predicted molar refractivity (Wildman–Crippen MR) is 73.4 cm³/mol. The number of halogens is 1. The molecule has 1 aromatic carbocycles. The summed E-state index contributed by atoms with van der Waals surface area (Å²) in [4.78, 5) is 0. The van der Waals surface area contributed by atoms with Gasteiger partial charge in [-0.3, -0.25) is 0 Å². The molecule has 3 heteroatoms. The molecule has 2 nitrogen and oxygen atoms in total. The molecule has 0 radical (unpaired) electrons. The molecule has 2 N–H and O–H groups in total. The minimum Gasteiger partial charge on any atom is -0.396 e. The van der Waals surface area contributed by atoms with Crippen LogP contribution in [0.1, 0.15) is 30.9 Å². The fourth-order valence-corrected chi connectivity index (χ4v) is 1.99. The summed E-state index contributed by atoms with van der Waals surface area (Å²) in [7, 11) is 0. The number of aliphatic hydroxyl groups excluding tert-OH is 1. The van der Waals surface area contributed by atoms with Crippen molar-refractivity contribution < 1.29 is 5.11 Å². The Kier molecular flexibility index (Phi) is 6.56. The highest BCUT2D eigenvalue weighted by atomic mass is 35.5. The monoisotopic (exact) mass is 255 g/mol. The molecule has 0 amide bonds. The van der Waals surface area contributed by atoms with Gasteiger partial charge < -0.3 is 10.4 Å². The van der Waals surface area contributed by atoms with Gasteiger partial charge in [0.05, 0.1) is 0 Å². The summed E-state index contributed by atoms with van der Waals surface area (Å²) in [6, 6.07) is 6.11. The number of rotatable bonds is 7. The van der Waals surface area contributed by atoms with Gasteiger partial charge in [-0.05, 0) is 43.0 Å². The normalized spacial score (nSPS) is 12.7. The van der Waals surface area contributed by atoms with E-state index in [2.05, 4.69) is 24.4 Å². The van der Waals surface area contributed by atoms with E-state index in [4.69, 9.17) is 16.7 Å². The second-order valence-corrected chi connectivity index (χ2v) is 4.91. The second kappa shape index (κ2) is 7.70. The molecule has 96 valence electrons. The lowest BCUT2D eigenvalue weighted by molar-refractivity contribution is 0.251. The van der Waals surface area contributed by atoms with Gasteiger partial charge in [0.15, 0.2) is 0 Å². The SMILES string of the molecule is CCC(CCO)CNCc1ccc(Cl)c(C)c1. The van der Waals surface area contributed by atoms with Gasteiger partial charge in [-0.2, -0.15) is 0 Å². The van der Waals surface area contributed by atoms with Gasteiger partial charge in [-0.25, -0.2) is 0 Å². The molecule has 0 aliphatic heterocycles. The maximum Gasteiger partial charge on any atom is 0.0435 e. The van der Waals surface area contributed by atoms with Crippen LogP contribution in [-0.2, 0) is 6.54 Å². The zero-order valence-electron chi connectivity index (χ0n) is 10.7. The highest BCUT2D eigenvalue weighted by molar-refractivity contribution is 6.31. The largest absolute Gasteiger partial charge is 0.396 e. The van der Waals surface area contributed by atoms with Crippen LogP contribution in [0.3, 0.4) is 0 Å². The molecule has 1 aromatic rings. The molecule has 1 rings (SSSR count). The molecular weight excluding hydrogens is 234 g/mol. The predicted octanol–water partition coefficient (Wildman–Crippen LogP) is 3.15. The van der Waals surface area contributed by atoms with Crippen LogP contribution in [0, 0.1) is 12.8 Å². The molecule has 0 saturated heterocycles. The molecule has 17 heavy (non-hydrogen) atoms. The van der Waals surface area contributed by atoms with Crippen molar-refractivity contribution in [2.45, 2.75) is 33.2 Å². The van der Waals surface area contributed by atoms with Gasteiger partial charge in [-0.1, -0.05) is 37.1 Å². The van der Waals surface area contributed by atoms with Crippen molar-refractivity contribution in [3.8, 4) is 0 Å². The summed E-state index contributed by atoms with van der Waals surface area (Å²) in [5.74, 6) is 0.563. The number of nitrogens with one attached hydrogen (secondary N) is 1. The minimum atomic E-state index is 0.278. The maximum absolute atomic E-state index is 8.91. The van der Waals surface area contributed by atoms with Crippen LogP contribution in [0.25, 0.3) is 0 Å². The van der Waals surface area contributed by atoms with E-state index in [1.807, 2.05) is 13.0 Å². The minimum absolute atomic E-state index is 0.278. The smallest absolute Gasteiger partial charge is 0.0435 e. The van der Waals surface area contributed by atoms with Gasteiger partial charge in [0.25, 0.3) is 0 Å². The lowest BCUT2D eigenvalue weighted by Gasteiger charge is -2.14. The first-order chi connectivity index (χ1) is 8.17. The summed E-state index contributed by atoms with van der Waals surface area (Å²) in [6.45, 7) is 6.28. The molecular formula is C14H22ClNO. The average molecular weight is 256 g/mol. The maximum atomic E-state index is 8.91. The molecule has 0 aromatic heterocycles. The first kappa shape index (κ1) is 14.5. The number of aryl methyl sites for hydroxylation is 1. The van der Waals surface area contributed by atoms with Crippen LogP contribution < -0.4 is 5.32 Å². The first-order valence-electron chi connectivity index (χ1n) is 6.24. The van der Waals surface area contributed by atoms with Gasteiger partial charge in [0.2, 0.25) is 0 Å². The van der Waals surface area contributed by atoms with Crippen LogP contribution in [0.4, 0.5) is 0 Å². The molecule has 1 unspecified atom stereocenters. The van der Waals surface area contributed by atoms with Crippen molar-refractivity contribution in [3.63, 3.8) is 0 Å². The fraction of sp³-hybridized carbons (Fsp3) is 0.571. The molecule has 0 heterocycles. The summed E-state index contributed by atoms with van der Waals surface area (Å²) in [6.07, 6.45) is 1.98.